The number of pyridine rings is 1. The first-order chi connectivity index (χ1) is 13.8. The molecule has 7 heteroatoms. The lowest BCUT2D eigenvalue weighted by molar-refractivity contribution is 0.992. The van der Waals surface area contributed by atoms with Gasteiger partial charge in [-0.2, -0.15) is 4.98 Å². The zero-order chi connectivity index (χ0) is 18.8. The summed E-state index contributed by atoms with van der Waals surface area (Å²) in [7, 11) is 0. The van der Waals surface area contributed by atoms with E-state index in [9.17, 15) is 0 Å². The maximum atomic E-state index is 4.57. The Balaban J connectivity index is 1.34. The molecule has 3 heterocycles. The Bertz CT molecular complexity index is 1220. The van der Waals surface area contributed by atoms with Crippen LogP contribution in [0.15, 0.2) is 73.1 Å². The summed E-state index contributed by atoms with van der Waals surface area (Å²) in [6, 6.07) is 19.8. The minimum Gasteiger partial charge on any atom is -0.363 e. The number of rotatable bonds is 5. The molecular weight excluding hydrogens is 350 g/mol. The van der Waals surface area contributed by atoms with Crippen molar-refractivity contribution < 1.29 is 0 Å². The van der Waals surface area contributed by atoms with Crippen LogP contribution in [0.5, 0.6) is 0 Å². The van der Waals surface area contributed by atoms with Gasteiger partial charge in [0.15, 0.2) is 0 Å². The van der Waals surface area contributed by atoms with Crippen LogP contribution in [0.1, 0.15) is 5.82 Å². The van der Waals surface area contributed by atoms with E-state index in [-0.39, 0.29) is 0 Å². The van der Waals surface area contributed by atoms with E-state index in [1.54, 1.807) is 12.4 Å². The number of H-pyrrole nitrogens is 1. The van der Waals surface area contributed by atoms with Crippen molar-refractivity contribution >= 4 is 39.4 Å². The molecule has 0 aliphatic rings. The van der Waals surface area contributed by atoms with Crippen LogP contribution in [-0.4, -0.2) is 24.9 Å². The molecule has 5 rings (SSSR count). The molecule has 0 aliphatic carbocycles. The molecule has 5 aromatic rings. The smallest absolute Gasteiger partial charge is 0.230 e. The number of para-hydroxylation sites is 2. The molecule has 7 nitrogen and oxygen atoms in total. The highest BCUT2D eigenvalue weighted by atomic mass is 15.2. The number of hydrogen-bond donors (Lipinski definition) is 3. The van der Waals surface area contributed by atoms with E-state index >= 15 is 0 Å². The van der Waals surface area contributed by atoms with E-state index in [0.717, 1.165) is 33.4 Å². The normalized spacial score (nSPS) is 11.0. The van der Waals surface area contributed by atoms with Gasteiger partial charge in [0.2, 0.25) is 5.95 Å². The first-order valence-electron chi connectivity index (χ1n) is 8.96. The Hall–Kier alpha value is -4.00. The summed E-state index contributed by atoms with van der Waals surface area (Å²) in [5.41, 5.74) is 1.97. The second-order valence-electron chi connectivity index (χ2n) is 6.33. The molecule has 136 valence electrons. The van der Waals surface area contributed by atoms with Crippen molar-refractivity contribution in [2.24, 2.45) is 0 Å². The highest BCUT2D eigenvalue weighted by Gasteiger charge is 2.06. The molecule has 0 unspecified atom stereocenters. The van der Waals surface area contributed by atoms with Crippen molar-refractivity contribution in [1.29, 1.82) is 0 Å². The Kier molecular flexibility index (Phi) is 4.02. The van der Waals surface area contributed by atoms with Crippen LogP contribution in [-0.2, 0) is 6.54 Å². The number of nitrogens with zero attached hydrogens (tertiary/aromatic N) is 4. The van der Waals surface area contributed by atoms with Crippen molar-refractivity contribution in [3.05, 3.63) is 78.9 Å². The summed E-state index contributed by atoms with van der Waals surface area (Å²) in [4.78, 5) is 21.1. The van der Waals surface area contributed by atoms with E-state index in [4.69, 9.17) is 0 Å². The van der Waals surface area contributed by atoms with Crippen molar-refractivity contribution in [1.82, 2.24) is 24.9 Å². The topological polar surface area (TPSA) is 91.4 Å². The highest BCUT2D eigenvalue weighted by Crippen LogP contribution is 2.23. The quantitative estimate of drug-likeness (QED) is 0.430. The Morgan fingerprint density at radius 1 is 0.821 bits per heavy atom. The lowest BCUT2D eigenvalue weighted by Crippen LogP contribution is -2.05. The lowest BCUT2D eigenvalue weighted by atomic mass is 10.1. The van der Waals surface area contributed by atoms with Crippen molar-refractivity contribution in [3.63, 3.8) is 0 Å². The highest BCUT2D eigenvalue weighted by molar-refractivity contribution is 5.92. The van der Waals surface area contributed by atoms with Gasteiger partial charge >= 0.3 is 0 Å². The van der Waals surface area contributed by atoms with Gasteiger partial charge in [0.25, 0.3) is 0 Å². The maximum absolute atomic E-state index is 4.57. The molecule has 0 bridgehead atoms. The average molecular weight is 367 g/mol. The summed E-state index contributed by atoms with van der Waals surface area (Å²) >= 11 is 0. The average Bonchev–Trinajstić information content (AvgIpc) is 3.16. The molecule has 0 radical (unpaired) electrons. The van der Waals surface area contributed by atoms with Gasteiger partial charge in [-0.25, -0.2) is 15.0 Å². The number of aromatic nitrogens is 5. The Morgan fingerprint density at radius 3 is 2.64 bits per heavy atom. The fourth-order valence-corrected chi connectivity index (χ4v) is 3.11. The number of fused-ring (bicyclic) bond motifs is 2. The number of benzene rings is 2. The van der Waals surface area contributed by atoms with Crippen molar-refractivity contribution in [2.75, 3.05) is 10.6 Å². The van der Waals surface area contributed by atoms with Crippen LogP contribution in [0.4, 0.5) is 17.6 Å². The number of anilines is 3. The second-order valence-corrected chi connectivity index (χ2v) is 6.33. The molecule has 3 aromatic heterocycles. The molecule has 0 saturated heterocycles. The monoisotopic (exact) mass is 367 g/mol. The molecule has 2 aromatic carbocycles. The largest absolute Gasteiger partial charge is 0.363 e. The zero-order valence-electron chi connectivity index (χ0n) is 14.9. The molecule has 0 atom stereocenters. The fourth-order valence-electron chi connectivity index (χ4n) is 3.11. The molecule has 0 amide bonds. The van der Waals surface area contributed by atoms with Crippen LogP contribution >= 0.6 is 0 Å². The van der Waals surface area contributed by atoms with Gasteiger partial charge < -0.3 is 15.6 Å². The number of imidazole rings is 1. The Labute approximate surface area is 160 Å². The summed E-state index contributed by atoms with van der Waals surface area (Å²) in [5, 5.41) is 8.62. The zero-order valence-corrected chi connectivity index (χ0v) is 14.9. The van der Waals surface area contributed by atoms with E-state index in [1.807, 2.05) is 60.7 Å². The van der Waals surface area contributed by atoms with Gasteiger partial charge in [0.1, 0.15) is 17.5 Å². The number of aromatic amines is 1. The number of hydrogen-bond acceptors (Lipinski definition) is 6. The molecule has 0 saturated carbocycles. The molecule has 0 spiro atoms. The van der Waals surface area contributed by atoms with Gasteiger partial charge in [0, 0.05) is 17.8 Å². The third-order valence-electron chi connectivity index (χ3n) is 4.43. The molecular formula is C21H17N7. The van der Waals surface area contributed by atoms with E-state index in [2.05, 4.69) is 35.6 Å². The van der Waals surface area contributed by atoms with Crippen LogP contribution < -0.4 is 10.6 Å². The van der Waals surface area contributed by atoms with Crippen molar-refractivity contribution in [2.45, 2.75) is 6.54 Å². The van der Waals surface area contributed by atoms with Crippen LogP contribution in [0.2, 0.25) is 0 Å². The molecule has 28 heavy (non-hydrogen) atoms. The van der Waals surface area contributed by atoms with Gasteiger partial charge in [0.05, 0.1) is 17.6 Å². The Morgan fingerprint density at radius 2 is 1.68 bits per heavy atom. The minimum atomic E-state index is 0.485. The third-order valence-corrected chi connectivity index (χ3v) is 4.43. The van der Waals surface area contributed by atoms with E-state index in [1.165, 1.54) is 0 Å². The maximum Gasteiger partial charge on any atom is 0.230 e. The van der Waals surface area contributed by atoms with E-state index < -0.39 is 0 Å². The molecule has 0 aliphatic heterocycles. The van der Waals surface area contributed by atoms with Crippen LogP contribution in [0, 0.1) is 0 Å². The first-order valence-corrected chi connectivity index (χ1v) is 8.96. The van der Waals surface area contributed by atoms with Gasteiger partial charge in [-0.05, 0) is 29.7 Å². The van der Waals surface area contributed by atoms with Gasteiger partial charge in [-0.3, -0.25) is 0 Å². The summed E-state index contributed by atoms with van der Waals surface area (Å²) < 4.78 is 0. The van der Waals surface area contributed by atoms with Crippen LogP contribution in [0.3, 0.4) is 0 Å². The van der Waals surface area contributed by atoms with Gasteiger partial charge in [-0.15, -0.1) is 0 Å². The van der Waals surface area contributed by atoms with E-state index in [0.29, 0.717) is 18.3 Å². The van der Waals surface area contributed by atoms with Gasteiger partial charge in [-0.1, -0.05) is 36.4 Å². The number of nitrogens with one attached hydrogen (secondary N) is 3. The SMILES string of the molecule is c1ccc2c(Nc3nccc(NCc4nc5ccccc5[nH]4)n3)nccc2c1. The third kappa shape index (κ3) is 3.21. The summed E-state index contributed by atoms with van der Waals surface area (Å²) in [5.74, 6) is 2.77. The predicted octanol–water partition coefficient (Wildman–Crippen LogP) is 4.26. The summed E-state index contributed by atoms with van der Waals surface area (Å²) in [6.45, 7) is 0.539. The molecule has 3 N–H and O–H groups in total. The first kappa shape index (κ1) is 16.2. The van der Waals surface area contributed by atoms with Crippen LogP contribution in [0.25, 0.3) is 21.8 Å². The fraction of sp³-hybridized carbons (Fsp3) is 0.0476. The predicted molar refractivity (Wildman–Crippen MR) is 110 cm³/mol. The lowest BCUT2D eigenvalue weighted by Gasteiger charge is -2.09. The van der Waals surface area contributed by atoms with Crippen molar-refractivity contribution in [3.8, 4) is 0 Å². The molecule has 0 fully saturated rings. The minimum absolute atomic E-state index is 0.485. The second kappa shape index (κ2) is 6.96. The standard InChI is InChI=1S/C21H17N7/c1-2-6-15-14(5-1)9-11-22-20(15)28-21-23-12-10-18(27-21)24-13-19-25-16-7-3-4-8-17(16)26-19/h1-12H,13H2,(H,25,26)(H2,22,23,24,27,28). The summed E-state index contributed by atoms with van der Waals surface area (Å²) in [6.07, 6.45) is 3.48.